The standard InChI is InChI=1S/C13H23N3O/c1-3-16(9-5-8-14)12(17)13(15)7-4-6-11(2)10-13/h11H,3-7,9-10,15H2,1-2H3. The molecule has 17 heavy (non-hydrogen) atoms. The molecule has 2 N–H and O–H groups in total. The fourth-order valence-corrected chi connectivity index (χ4v) is 2.69. The summed E-state index contributed by atoms with van der Waals surface area (Å²) >= 11 is 0. The van der Waals surface area contributed by atoms with Crippen LogP contribution in [0.2, 0.25) is 0 Å². The number of rotatable bonds is 4. The van der Waals surface area contributed by atoms with Crippen LogP contribution in [0.1, 0.15) is 46.0 Å². The van der Waals surface area contributed by atoms with E-state index in [4.69, 9.17) is 11.0 Å². The summed E-state index contributed by atoms with van der Waals surface area (Å²) in [5, 5.41) is 8.59. The van der Waals surface area contributed by atoms with Crippen molar-refractivity contribution in [3.63, 3.8) is 0 Å². The zero-order valence-electron chi connectivity index (χ0n) is 10.9. The summed E-state index contributed by atoms with van der Waals surface area (Å²) in [5.41, 5.74) is 5.58. The molecule has 0 spiro atoms. The minimum atomic E-state index is -0.691. The normalized spacial score (nSPS) is 28.5. The molecule has 1 fully saturated rings. The predicted octanol–water partition coefficient (Wildman–Crippen LogP) is 1.66. The van der Waals surface area contributed by atoms with Crippen molar-refractivity contribution in [3.05, 3.63) is 0 Å². The molecule has 0 heterocycles. The lowest BCUT2D eigenvalue weighted by Gasteiger charge is -2.38. The Morgan fingerprint density at radius 3 is 2.88 bits per heavy atom. The van der Waals surface area contributed by atoms with Crippen LogP contribution in [0.5, 0.6) is 0 Å². The molecule has 0 saturated heterocycles. The summed E-state index contributed by atoms with van der Waals surface area (Å²) in [6, 6.07) is 2.08. The van der Waals surface area contributed by atoms with Crippen molar-refractivity contribution in [3.8, 4) is 6.07 Å². The quantitative estimate of drug-likeness (QED) is 0.808. The lowest BCUT2D eigenvalue weighted by molar-refractivity contribution is -0.138. The SMILES string of the molecule is CCN(CCC#N)C(=O)C1(N)CCCC(C)C1. The molecule has 1 amide bonds. The van der Waals surface area contributed by atoms with Gasteiger partial charge in [-0.25, -0.2) is 0 Å². The van der Waals surface area contributed by atoms with Gasteiger partial charge in [-0.1, -0.05) is 19.8 Å². The van der Waals surface area contributed by atoms with Crippen LogP contribution in [-0.4, -0.2) is 29.4 Å². The molecule has 1 aliphatic rings. The molecule has 2 atom stereocenters. The van der Waals surface area contributed by atoms with Gasteiger partial charge >= 0.3 is 0 Å². The van der Waals surface area contributed by atoms with E-state index in [2.05, 4.69) is 13.0 Å². The van der Waals surface area contributed by atoms with Crippen LogP contribution >= 0.6 is 0 Å². The van der Waals surface area contributed by atoms with Gasteiger partial charge in [0.1, 0.15) is 0 Å². The van der Waals surface area contributed by atoms with E-state index in [9.17, 15) is 4.79 Å². The molecule has 0 aliphatic heterocycles. The highest BCUT2D eigenvalue weighted by Crippen LogP contribution is 2.31. The lowest BCUT2D eigenvalue weighted by Crippen LogP contribution is -2.57. The van der Waals surface area contributed by atoms with Crippen molar-refractivity contribution >= 4 is 5.91 Å². The van der Waals surface area contributed by atoms with Crippen LogP contribution in [0, 0.1) is 17.2 Å². The third-order valence-corrected chi connectivity index (χ3v) is 3.62. The van der Waals surface area contributed by atoms with Crippen molar-refractivity contribution in [1.29, 1.82) is 5.26 Å². The Bertz CT molecular complexity index is 310. The number of likely N-dealkylation sites (N-methyl/N-ethyl adjacent to an activating group) is 1. The second kappa shape index (κ2) is 6.02. The van der Waals surface area contributed by atoms with E-state index >= 15 is 0 Å². The zero-order valence-corrected chi connectivity index (χ0v) is 10.9. The van der Waals surface area contributed by atoms with Crippen molar-refractivity contribution in [2.75, 3.05) is 13.1 Å². The van der Waals surface area contributed by atoms with Gasteiger partial charge in [-0.15, -0.1) is 0 Å². The highest BCUT2D eigenvalue weighted by Gasteiger charge is 2.39. The fraction of sp³-hybridized carbons (Fsp3) is 0.846. The maximum Gasteiger partial charge on any atom is 0.242 e. The molecule has 4 heteroatoms. The summed E-state index contributed by atoms with van der Waals surface area (Å²) < 4.78 is 0. The molecule has 2 unspecified atom stereocenters. The number of nitriles is 1. The first kappa shape index (κ1) is 14.0. The topological polar surface area (TPSA) is 70.1 Å². The predicted molar refractivity (Wildman–Crippen MR) is 67.0 cm³/mol. The highest BCUT2D eigenvalue weighted by atomic mass is 16.2. The first-order valence-electron chi connectivity index (χ1n) is 6.48. The Morgan fingerprint density at radius 1 is 1.65 bits per heavy atom. The number of amides is 1. The van der Waals surface area contributed by atoms with Crippen molar-refractivity contribution in [1.82, 2.24) is 4.90 Å². The Balaban J connectivity index is 2.68. The van der Waals surface area contributed by atoms with Gasteiger partial charge in [0.25, 0.3) is 0 Å². The highest BCUT2D eigenvalue weighted by molar-refractivity contribution is 5.86. The maximum absolute atomic E-state index is 12.4. The van der Waals surface area contributed by atoms with E-state index in [1.165, 1.54) is 0 Å². The number of hydrogen-bond acceptors (Lipinski definition) is 3. The van der Waals surface area contributed by atoms with Crippen LogP contribution in [0.15, 0.2) is 0 Å². The van der Waals surface area contributed by atoms with Crippen molar-refractivity contribution in [2.45, 2.75) is 51.5 Å². The number of nitrogens with two attached hydrogens (primary N) is 1. The first-order valence-corrected chi connectivity index (χ1v) is 6.48. The van der Waals surface area contributed by atoms with Gasteiger partial charge in [0, 0.05) is 13.1 Å². The number of nitrogens with zero attached hydrogens (tertiary/aromatic N) is 2. The van der Waals surface area contributed by atoms with Crippen LogP contribution in [-0.2, 0) is 4.79 Å². The molecule has 0 aromatic heterocycles. The average molecular weight is 237 g/mol. The van der Waals surface area contributed by atoms with E-state index in [1.54, 1.807) is 4.90 Å². The molecule has 1 rings (SSSR count). The molecule has 4 nitrogen and oxygen atoms in total. The first-order chi connectivity index (χ1) is 8.03. The summed E-state index contributed by atoms with van der Waals surface area (Å²) in [5.74, 6) is 0.550. The van der Waals surface area contributed by atoms with E-state index in [1.807, 2.05) is 6.92 Å². The molecule has 1 saturated carbocycles. The largest absolute Gasteiger partial charge is 0.340 e. The molecule has 0 bridgehead atoms. The molecule has 0 aromatic carbocycles. The molecular formula is C13H23N3O. The molecule has 1 aliphatic carbocycles. The van der Waals surface area contributed by atoms with Gasteiger partial charge in [0.15, 0.2) is 0 Å². The number of carbonyl (C=O) groups excluding carboxylic acids is 1. The smallest absolute Gasteiger partial charge is 0.242 e. The van der Waals surface area contributed by atoms with E-state index in [-0.39, 0.29) is 5.91 Å². The summed E-state index contributed by atoms with van der Waals surface area (Å²) in [6.45, 7) is 5.22. The third-order valence-electron chi connectivity index (χ3n) is 3.62. The van der Waals surface area contributed by atoms with Gasteiger partial charge in [0.05, 0.1) is 18.0 Å². The van der Waals surface area contributed by atoms with Gasteiger partial charge in [0.2, 0.25) is 5.91 Å². The Hall–Kier alpha value is -1.08. The number of carbonyl (C=O) groups is 1. The van der Waals surface area contributed by atoms with Crippen molar-refractivity contribution in [2.24, 2.45) is 11.7 Å². The Labute approximate surface area is 104 Å². The van der Waals surface area contributed by atoms with Gasteiger partial charge in [-0.05, 0) is 25.7 Å². The molecule has 0 aromatic rings. The zero-order chi connectivity index (χ0) is 12.9. The average Bonchev–Trinajstić information content (AvgIpc) is 2.29. The van der Waals surface area contributed by atoms with Crippen LogP contribution < -0.4 is 5.73 Å². The summed E-state index contributed by atoms with van der Waals surface area (Å²) in [7, 11) is 0. The van der Waals surface area contributed by atoms with Crippen LogP contribution in [0.3, 0.4) is 0 Å². The minimum Gasteiger partial charge on any atom is -0.340 e. The third kappa shape index (κ3) is 3.44. The lowest BCUT2D eigenvalue weighted by atomic mass is 9.76. The fourth-order valence-electron chi connectivity index (χ4n) is 2.69. The van der Waals surface area contributed by atoms with Crippen LogP contribution in [0.4, 0.5) is 0 Å². The Morgan fingerprint density at radius 2 is 2.35 bits per heavy atom. The molecular weight excluding hydrogens is 214 g/mol. The van der Waals surface area contributed by atoms with E-state index < -0.39 is 5.54 Å². The van der Waals surface area contributed by atoms with Gasteiger partial charge < -0.3 is 10.6 Å². The van der Waals surface area contributed by atoms with E-state index in [0.717, 1.165) is 25.7 Å². The van der Waals surface area contributed by atoms with Crippen molar-refractivity contribution < 1.29 is 4.79 Å². The van der Waals surface area contributed by atoms with E-state index in [0.29, 0.717) is 25.4 Å². The monoisotopic (exact) mass is 237 g/mol. The second-order valence-corrected chi connectivity index (χ2v) is 5.15. The summed E-state index contributed by atoms with van der Waals surface area (Å²) in [6.07, 6.45) is 4.12. The van der Waals surface area contributed by atoms with Gasteiger partial charge in [-0.3, -0.25) is 4.79 Å². The Kier molecular flexibility index (Phi) is 4.95. The van der Waals surface area contributed by atoms with Gasteiger partial charge in [-0.2, -0.15) is 5.26 Å². The molecule has 0 radical (unpaired) electrons. The van der Waals surface area contributed by atoms with Crippen LogP contribution in [0.25, 0.3) is 0 Å². The maximum atomic E-state index is 12.4. The second-order valence-electron chi connectivity index (χ2n) is 5.15. The molecule has 96 valence electrons. The summed E-state index contributed by atoms with van der Waals surface area (Å²) in [4.78, 5) is 14.1. The minimum absolute atomic E-state index is 0.0294. The number of hydrogen-bond donors (Lipinski definition) is 1.